The highest BCUT2D eigenvalue weighted by atomic mass is 16.4. The number of aliphatic hydroxyl groups is 1. The van der Waals surface area contributed by atoms with Gasteiger partial charge in [-0.3, -0.25) is 29.2 Å². The highest BCUT2D eigenvalue weighted by molar-refractivity contribution is 5.95. The number of hydrogen-bond donors (Lipinski definition) is 13. The van der Waals surface area contributed by atoms with Gasteiger partial charge in [0.15, 0.2) is 18.0 Å². The van der Waals surface area contributed by atoms with Crippen molar-refractivity contribution in [3.63, 3.8) is 0 Å². The molecule has 20 N–H and O–H groups in total. The van der Waals surface area contributed by atoms with E-state index in [-0.39, 0.29) is 57.1 Å². The van der Waals surface area contributed by atoms with E-state index in [1.807, 2.05) is 0 Å². The number of unbranched alkanes of at least 4 members (excludes halogenated alkanes) is 2. The standard InChI is InChI=1S/C28H57N13O7/c1-16(42)21(26(47)48)41-25(46)20(11-7-15-37-28(34)35)40-24(45)19(10-3-5-13-30)39-23(44)18(9-2-4-12-29)38-22(43)17(31)8-6-14-36-27(32)33/h16-21,42H,2-15,29-31H2,1H3,(H,38,43)(H,39,44)(H,40,45)(H,41,46)(H,47,48)(H4,32,33,36)(H4,34,35,37)/t16-,17+,18+,19+,20+,21+/m1/s1. The maximum atomic E-state index is 13.6. The first-order valence-electron chi connectivity index (χ1n) is 16.0. The Morgan fingerprint density at radius 2 is 0.979 bits per heavy atom. The van der Waals surface area contributed by atoms with Crippen LogP contribution in [0.2, 0.25) is 0 Å². The molecule has 0 saturated carbocycles. The fourth-order valence-corrected chi connectivity index (χ4v) is 4.41. The second kappa shape index (κ2) is 24.8. The molecule has 0 aromatic carbocycles. The summed E-state index contributed by atoms with van der Waals surface area (Å²) in [5, 5.41) is 29.4. The minimum Gasteiger partial charge on any atom is -0.480 e. The van der Waals surface area contributed by atoms with Gasteiger partial charge in [0.2, 0.25) is 23.6 Å². The first-order chi connectivity index (χ1) is 22.6. The lowest BCUT2D eigenvalue weighted by Gasteiger charge is -2.27. The molecule has 0 aliphatic carbocycles. The summed E-state index contributed by atoms with van der Waals surface area (Å²) in [6, 6.07) is -6.10. The Morgan fingerprint density at radius 3 is 1.35 bits per heavy atom. The Hall–Kier alpha value is -4.27. The van der Waals surface area contributed by atoms with E-state index in [9.17, 15) is 34.2 Å². The zero-order valence-corrected chi connectivity index (χ0v) is 27.7. The van der Waals surface area contributed by atoms with Crippen molar-refractivity contribution in [2.45, 2.75) is 107 Å². The Balaban J connectivity index is 5.98. The number of nitrogens with one attached hydrogen (secondary N) is 4. The zero-order valence-electron chi connectivity index (χ0n) is 27.7. The molecular weight excluding hydrogens is 630 g/mol. The van der Waals surface area contributed by atoms with Crippen LogP contribution in [0.4, 0.5) is 0 Å². The third-order valence-corrected chi connectivity index (χ3v) is 7.09. The van der Waals surface area contributed by atoms with Crippen molar-refractivity contribution >= 4 is 41.5 Å². The lowest BCUT2D eigenvalue weighted by Crippen LogP contribution is -2.59. The van der Waals surface area contributed by atoms with E-state index in [2.05, 4.69) is 31.3 Å². The normalized spacial score (nSPS) is 14.6. The van der Waals surface area contributed by atoms with Crippen molar-refractivity contribution in [1.82, 2.24) is 21.3 Å². The number of nitrogens with zero attached hydrogens (tertiary/aromatic N) is 2. The average Bonchev–Trinajstić information content (AvgIpc) is 3.01. The van der Waals surface area contributed by atoms with Gasteiger partial charge in [-0.1, -0.05) is 0 Å². The summed E-state index contributed by atoms with van der Waals surface area (Å²) in [6.07, 6.45) is 1.80. The Bertz CT molecular complexity index is 1070. The molecule has 20 nitrogen and oxygen atoms in total. The molecule has 0 spiro atoms. The number of aliphatic imine (C=N–C) groups is 2. The molecule has 0 radical (unpaired) electrons. The number of carbonyl (C=O) groups is 5. The SMILES string of the molecule is C[C@@H](O)[C@H](NC(=O)[C@H](CCCN=C(N)N)NC(=O)[C@H](CCCCN)NC(=O)[C@H](CCCCN)NC(=O)[C@@H](N)CCCN=C(N)N)C(=O)O. The van der Waals surface area contributed by atoms with Gasteiger partial charge in [-0.15, -0.1) is 0 Å². The molecule has 0 fully saturated rings. The lowest BCUT2D eigenvalue weighted by atomic mass is 10.0. The van der Waals surface area contributed by atoms with E-state index < -0.39 is 65.9 Å². The van der Waals surface area contributed by atoms with Crippen molar-refractivity contribution in [1.29, 1.82) is 0 Å². The Morgan fingerprint density at radius 1 is 0.604 bits per heavy atom. The highest BCUT2D eigenvalue weighted by Gasteiger charge is 2.32. The molecule has 0 aliphatic rings. The van der Waals surface area contributed by atoms with Gasteiger partial charge in [-0.2, -0.15) is 0 Å². The summed E-state index contributed by atoms with van der Waals surface area (Å²) in [5.74, 6) is -4.61. The van der Waals surface area contributed by atoms with Gasteiger partial charge in [0.1, 0.15) is 18.1 Å². The number of aliphatic carboxylic acids is 1. The van der Waals surface area contributed by atoms with Crippen LogP contribution in [0.1, 0.15) is 71.1 Å². The molecule has 0 saturated heterocycles. The van der Waals surface area contributed by atoms with E-state index >= 15 is 0 Å². The summed E-state index contributed by atoms with van der Waals surface area (Å²) in [4.78, 5) is 72.3. The maximum absolute atomic E-state index is 13.6. The minimum absolute atomic E-state index is 0.0111. The smallest absolute Gasteiger partial charge is 0.328 e. The predicted octanol–water partition coefficient (Wildman–Crippen LogP) is -4.92. The average molecular weight is 688 g/mol. The van der Waals surface area contributed by atoms with E-state index in [1.54, 1.807) is 0 Å². The van der Waals surface area contributed by atoms with Gasteiger partial charge in [-0.05, 0) is 84.2 Å². The molecule has 0 unspecified atom stereocenters. The van der Waals surface area contributed by atoms with Crippen LogP contribution in [0.25, 0.3) is 0 Å². The fraction of sp³-hybridized carbons (Fsp3) is 0.750. The molecule has 0 aromatic rings. The third-order valence-electron chi connectivity index (χ3n) is 7.09. The van der Waals surface area contributed by atoms with Crippen molar-refractivity contribution in [2.24, 2.45) is 50.1 Å². The molecule has 276 valence electrons. The van der Waals surface area contributed by atoms with Gasteiger partial charge >= 0.3 is 5.97 Å². The number of amides is 4. The van der Waals surface area contributed by atoms with Crippen molar-refractivity contribution in [2.75, 3.05) is 26.2 Å². The number of hydrogen-bond acceptors (Lipinski definition) is 11. The van der Waals surface area contributed by atoms with Crippen molar-refractivity contribution in [3.05, 3.63) is 0 Å². The molecule has 0 rings (SSSR count). The highest BCUT2D eigenvalue weighted by Crippen LogP contribution is 2.09. The van der Waals surface area contributed by atoms with Gasteiger partial charge < -0.3 is 71.6 Å². The summed E-state index contributed by atoms with van der Waals surface area (Å²) >= 11 is 0. The molecule has 4 amide bonds. The van der Waals surface area contributed by atoms with E-state index in [4.69, 9.17) is 40.1 Å². The first-order valence-corrected chi connectivity index (χ1v) is 16.0. The van der Waals surface area contributed by atoms with Gasteiger partial charge in [0, 0.05) is 13.1 Å². The minimum atomic E-state index is -1.65. The van der Waals surface area contributed by atoms with Crippen LogP contribution in [0.3, 0.4) is 0 Å². The van der Waals surface area contributed by atoms with Crippen molar-refractivity contribution in [3.8, 4) is 0 Å². The summed E-state index contributed by atoms with van der Waals surface area (Å²) in [7, 11) is 0. The topological polar surface area (TPSA) is 381 Å². The van der Waals surface area contributed by atoms with Crippen LogP contribution in [0.15, 0.2) is 9.98 Å². The molecular formula is C28H57N13O7. The van der Waals surface area contributed by atoms with Crippen LogP contribution in [-0.4, -0.2) is 114 Å². The third kappa shape index (κ3) is 19.4. The molecule has 6 atom stereocenters. The maximum Gasteiger partial charge on any atom is 0.328 e. The van der Waals surface area contributed by atoms with Gasteiger partial charge in [-0.25, -0.2) is 4.79 Å². The molecule has 48 heavy (non-hydrogen) atoms. The molecule has 0 heterocycles. The molecule has 0 aromatic heterocycles. The van der Waals surface area contributed by atoms with Gasteiger partial charge in [0.25, 0.3) is 0 Å². The second-order valence-corrected chi connectivity index (χ2v) is 11.3. The molecule has 0 aliphatic heterocycles. The zero-order chi connectivity index (χ0) is 36.6. The van der Waals surface area contributed by atoms with E-state index in [0.717, 1.165) is 0 Å². The number of aliphatic hydroxyl groups excluding tert-OH is 1. The summed E-state index contributed by atoms with van der Waals surface area (Å²) in [5.41, 5.74) is 38.6. The summed E-state index contributed by atoms with van der Waals surface area (Å²) < 4.78 is 0. The van der Waals surface area contributed by atoms with E-state index in [1.165, 1.54) is 6.92 Å². The number of nitrogens with two attached hydrogens (primary N) is 7. The van der Waals surface area contributed by atoms with Crippen LogP contribution in [0, 0.1) is 0 Å². The van der Waals surface area contributed by atoms with Gasteiger partial charge in [0.05, 0.1) is 12.1 Å². The monoisotopic (exact) mass is 687 g/mol. The molecule has 0 bridgehead atoms. The van der Waals surface area contributed by atoms with E-state index in [0.29, 0.717) is 45.2 Å². The number of carboxylic acid groups (broad SMARTS) is 1. The number of carboxylic acids is 1. The van der Waals surface area contributed by atoms with Crippen LogP contribution in [-0.2, 0) is 24.0 Å². The lowest BCUT2D eigenvalue weighted by molar-refractivity contribution is -0.145. The van der Waals surface area contributed by atoms with Crippen molar-refractivity contribution < 1.29 is 34.2 Å². The first kappa shape index (κ1) is 43.7. The Labute approximate surface area is 280 Å². The number of guanidine groups is 2. The number of carbonyl (C=O) groups excluding carboxylic acids is 4. The fourth-order valence-electron chi connectivity index (χ4n) is 4.41. The number of rotatable bonds is 26. The van der Waals surface area contributed by atoms with Crippen LogP contribution >= 0.6 is 0 Å². The Kier molecular flexibility index (Phi) is 22.6. The predicted molar refractivity (Wildman–Crippen MR) is 181 cm³/mol. The second-order valence-electron chi connectivity index (χ2n) is 11.3. The van der Waals surface area contributed by atoms with Crippen LogP contribution in [0.5, 0.6) is 0 Å². The quantitative estimate of drug-likeness (QED) is 0.0230. The largest absolute Gasteiger partial charge is 0.480 e. The molecule has 20 heteroatoms. The van der Waals surface area contributed by atoms with Crippen LogP contribution < -0.4 is 61.4 Å². The summed E-state index contributed by atoms with van der Waals surface area (Å²) in [6.45, 7) is 2.26.